The number of hydrogen-bond donors (Lipinski definition) is 3. The molecule has 0 aromatic rings. The van der Waals surface area contributed by atoms with Crippen LogP contribution in [0.2, 0.25) is 0 Å². The molecule has 0 unspecified atom stereocenters. The van der Waals surface area contributed by atoms with Crippen molar-refractivity contribution in [1.29, 1.82) is 0 Å². The molecule has 0 atom stereocenters. The number of carbonyl (C=O) groups excluding carboxylic acids is 1. The number of carbonyl (C=O) groups is 3. The zero-order valence-electron chi connectivity index (χ0n) is 14.6. The summed E-state index contributed by atoms with van der Waals surface area (Å²) >= 11 is 0. The van der Waals surface area contributed by atoms with E-state index < -0.39 is 29.2 Å². The van der Waals surface area contributed by atoms with Crippen molar-refractivity contribution < 1.29 is 38.8 Å². The Hall–Kier alpha value is -1.27. The van der Waals surface area contributed by atoms with E-state index in [1.54, 1.807) is 27.7 Å². The summed E-state index contributed by atoms with van der Waals surface area (Å²) in [6, 6.07) is 0. The van der Waals surface area contributed by atoms with E-state index in [-0.39, 0.29) is 51.5 Å². The van der Waals surface area contributed by atoms with E-state index in [4.69, 9.17) is 14.2 Å². The van der Waals surface area contributed by atoms with Crippen molar-refractivity contribution in [3.8, 4) is 0 Å². The first kappa shape index (κ1) is 26.0. The van der Waals surface area contributed by atoms with E-state index in [1.165, 1.54) is 0 Å². The Morgan fingerprint density at radius 3 is 2.04 bits per heavy atom. The van der Waals surface area contributed by atoms with Crippen LogP contribution in [0, 0.1) is 0 Å². The van der Waals surface area contributed by atoms with Gasteiger partial charge in [0, 0.05) is 19.6 Å². The van der Waals surface area contributed by atoms with Gasteiger partial charge in [0.25, 0.3) is 5.60 Å². The SMILES string of the molecule is CCOCCOC(CCCNC(=O)OC(C)(C)C)(C(=O)O)C(=O)O.[LiH]. The van der Waals surface area contributed by atoms with Crippen LogP contribution in [0.25, 0.3) is 0 Å². The molecule has 3 N–H and O–H groups in total. The van der Waals surface area contributed by atoms with Crippen molar-refractivity contribution in [2.24, 2.45) is 0 Å². The van der Waals surface area contributed by atoms with Crippen LogP contribution in [-0.2, 0) is 23.8 Å². The van der Waals surface area contributed by atoms with Gasteiger partial charge in [0.15, 0.2) is 0 Å². The van der Waals surface area contributed by atoms with Crippen LogP contribution >= 0.6 is 0 Å². The molecule has 0 aliphatic carbocycles. The molecule has 0 rings (SSSR count). The molecule has 10 heteroatoms. The van der Waals surface area contributed by atoms with Gasteiger partial charge in [0.1, 0.15) is 5.60 Å². The first-order chi connectivity index (χ1) is 11.0. The maximum absolute atomic E-state index is 11.5. The third kappa shape index (κ3) is 10.3. The Morgan fingerprint density at radius 1 is 1.04 bits per heavy atom. The van der Waals surface area contributed by atoms with Crippen LogP contribution < -0.4 is 5.32 Å². The van der Waals surface area contributed by atoms with E-state index >= 15 is 0 Å². The Morgan fingerprint density at radius 2 is 1.60 bits per heavy atom. The number of ether oxygens (including phenoxy) is 3. The zero-order chi connectivity index (χ0) is 18.8. The van der Waals surface area contributed by atoms with Gasteiger partial charge in [-0.05, 0) is 34.1 Å². The average Bonchev–Trinajstić information content (AvgIpc) is 2.43. The van der Waals surface area contributed by atoms with Crippen LogP contribution in [0.15, 0.2) is 0 Å². The molecule has 142 valence electrons. The monoisotopic (exact) mass is 357 g/mol. The van der Waals surface area contributed by atoms with Crippen LogP contribution in [0.1, 0.15) is 40.5 Å². The van der Waals surface area contributed by atoms with Crippen molar-refractivity contribution in [1.82, 2.24) is 5.32 Å². The van der Waals surface area contributed by atoms with Gasteiger partial charge in [0.2, 0.25) is 0 Å². The Balaban J connectivity index is 0. The summed E-state index contributed by atoms with van der Waals surface area (Å²) in [6.07, 6.45) is -0.873. The molecule has 1 amide bonds. The molecule has 9 nitrogen and oxygen atoms in total. The molecule has 0 aromatic carbocycles. The van der Waals surface area contributed by atoms with Crippen LogP contribution in [-0.4, -0.2) is 84.7 Å². The second-order valence-corrected chi connectivity index (χ2v) is 6.01. The number of nitrogens with one attached hydrogen (secondary N) is 1. The molecule has 0 fully saturated rings. The predicted octanol–water partition coefficient (Wildman–Crippen LogP) is 0.604. The van der Waals surface area contributed by atoms with E-state index in [0.29, 0.717) is 6.61 Å². The first-order valence-corrected chi connectivity index (χ1v) is 7.70. The summed E-state index contributed by atoms with van der Waals surface area (Å²) in [6.45, 7) is 7.28. The molecule has 0 saturated carbocycles. The minimum absolute atomic E-state index is 0. The fraction of sp³-hybridized carbons (Fsp3) is 0.800. The normalized spacial score (nSPS) is 11.4. The van der Waals surface area contributed by atoms with Crippen molar-refractivity contribution in [2.75, 3.05) is 26.4 Å². The summed E-state index contributed by atoms with van der Waals surface area (Å²) in [5.74, 6) is -3.19. The van der Waals surface area contributed by atoms with Crippen molar-refractivity contribution >= 4 is 36.9 Å². The molecule has 0 aromatic heterocycles. The third-order valence-corrected chi connectivity index (χ3v) is 2.85. The van der Waals surface area contributed by atoms with E-state index in [1.807, 2.05) is 0 Å². The predicted molar refractivity (Wildman–Crippen MR) is 91.1 cm³/mol. The van der Waals surface area contributed by atoms with Gasteiger partial charge < -0.3 is 29.7 Å². The zero-order valence-corrected chi connectivity index (χ0v) is 14.6. The second-order valence-electron chi connectivity index (χ2n) is 6.01. The summed E-state index contributed by atoms with van der Waals surface area (Å²) in [5.41, 5.74) is -3.02. The van der Waals surface area contributed by atoms with Gasteiger partial charge in [-0.1, -0.05) is 0 Å². The summed E-state index contributed by atoms with van der Waals surface area (Å²) in [4.78, 5) is 34.2. The number of carboxylic acid groups (broad SMARTS) is 2. The summed E-state index contributed by atoms with van der Waals surface area (Å²) in [7, 11) is 0. The molecule has 0 bridgehead atoms. The van der Waals surface area contributed by atoms with Crippen LogP contribution in [0.5, 0.6) is 0 Å². The van der Waals surface area contributed by atoms with Crippen LogP contribution in [0.3, 0.4) is 0 Å². The Kier molecular flexibility index (Phi) is 12.6. The third-order valence-electron chi connectivity index (χ3n) is 2.85. The maximum atomic E-state index is 11.5. The number of amides is 1. The number of carboxylic acids is 2. The molecule has 0 aliphatic heterocycles. The fourth-order valence-corrected chi connectivity index (χ4v) is 1.76. The fourth-order valence-electron chi connectivity index (χ4n) is 1.76. The average molecular weight is 357 g/mol. The van der Waals surface area contributed by atoms with Crippen LogP contribution in [0.4, 0.5) is 4.79 Å². The Labute approximate surface area is 159 Å². The molecule has 25 heavy (non-hydrogen) atoms. The molecule has 0 spiro atoms. The van der Waals surface area contributed by atoms with Gasteiger partial charge >= 0.3 is 36.9 Å². The van der Waals surface area contributed by atoms with Gasteiger partial charge in [-0.3, -0.25) is 0 Å². The molecular weight excluding hydrogens is 329 g/mol. The first-order valence-electron chi connectivity index (χ1n) is 7.70. The van der Waals surface area contributed by atoms with E-state index in [2.05, 4.69) is 5.32 Å². The molecule has 0 heterocycles. The quantitative estimate of drug-likeness (QED) is 0.278. The van der Waals surface area contributed by atoms with E-state index in [9.17, 15) is 24.6 Å². The number of hydrogen-bond acceptors (Lipinski definition) is 6. The van der Waals surface area contributed by atoms with Crippen molar-refractivity contribution in [2.45, 2.75) is 51.7 Å². The number of alkyl carbamates (subject to hydrolysis) is 1. The standard InChI is InChI=1S/C15H27NO8.Li.H/c1-5-22-9-10-23-15(11(17)18,12(19)20)7-6-8-16-13(21)24-14(2,3)4;;/h5-10H2,1-4H3,(H,16,21)(H,17,18)(H,19,20);;. The van der Waals surface area contributed by atoms with E-state index in [0.717, 1.165) is 0 Å². The second kappa shape index (κ2) is 12.1. The minimum atomic E-state index is -2.37. The van der Waals surface area contributed by atoms with Gasteiger partial charge in [-0.15, -0.1) is 0 Å². The number of rotatable bonds is 11. The van der Waals surface area contributed by atoms with Gasteiger partial charge in [-0.25, -0.2) is 14.4 Å². The number of aliphatic carboxylic acids is 2. The topological polar surface area (TPSA) is 131 Å². The van der Waals surface area contributed by atoms with Crippen molar-refractivity contribution in [3.05, 3.63) is 0 Å². The molecule has 0 radical (unpaired) electrons. The summed E-state index contributed by atoms with van der Waals surface area (Å²) in [5, 5.41) is 20.9. The van der Waals surface area contributed by atoms with Crippen molar-refractivity contribution in [3.63, 3.8) is 0 Å². The van der Waals surface area contributed by atoms with Gasteiger partial charge in [-0.2, -0.15) is 0 Å². The Bertz CT molecular complexity index is 422. The molecular formula is C15H28LiNO8. The van der Waals surface area contributed by atoms with Gasteiger partial charge in [0.05, 0.1) is 13.2 Å². The molecule has 0 aliphatic rings. The molecule has 0 saturated heterocycles. The summed E-state index contributed by atoms with van der Waals surface area (Å²) < 4.78 is 15.1.